The molecule has 0 aromatic carbocycles. The zero-order valence-corrected chi connectivity index (χ0v) is 5.66. The summed E-state index contributed by atoms with van der Waals surface area (Å²) >= 11 is 0. The van der Waals surface area contributed by atoms with E-state index in [4.69, 9.17) is 0 Å². The minimum atomic E-state index is -0.412. The van der Waals surface area contributed by atoms with Crippen LogP contribution in [0.5, 0.6) is 0 Å². The van der Waals surface area contributed by atoms with Crippen LogP contribution in [-0.2, 0) is 14.3 Å². The first-order chi connectivity index (χ1) is 4.74. The van der Waals surface area contributed by atoms with Gasteiger partial charge in [0.2, 0.25) is 5.91 Å². The van der Waals surface area contributed by atoms with Crippen molar-refractivity contribution in [2.45, 2.75) is 19.6 Å². The van der Waals surface area contributed by atoms with Gasteiger partial charge in [-0.05, 0) is 0 Å². The number of rotatable bonds is 2. The number of amides is 1. The Hall–Kier alpha value is -1.06. The molecule has 0 spiro atoms. The lowest BCUT2D eigenvalue weighted by Crippen LogP contribution is -2.30. The van der Waals surface area contributed by atoms with Gasteiger partial charge < -0.3 is 10.1 Å². The van der Waals surface area contributed by atoms with E-state index in [2.05, 4.69) is 10.1 Å². The van der Waals surface area contributed by atoms with Crippen LogP contribution >= 0.6 is 0 Å². The van der Waals surface area contributed by atoms with E-state index in [1.807, 2.05) is 6.92 Å². The van der Waals surface area contributed by atoms with Gasteiger partial charge in [0, 0.05) is 12.3 Å². The molecule has 1 N–H and O–H groups in total. The summed E-state index contributed by atoms with van der Waals surface area (Å²) in [6, 6.07) is 0. The molecule has 1 aliphatic heterocycles. The van der Waals surface area contributed by atoms with Crippen molar-refractivity contribution < 1.29 is 14.3 Å². The monoisotopic (exact) mass is 143 g/mol. The van der Waals surface area contributed by atoms with E-state index in [-0.39, 0.29) is 11.8 Å². The number of nitrogens with one attached hydrogen (secondary N) is 1. The Labute approximate surface area is 58.5 Å². The molecule has 1 saturated heterocycles. The lowest BCUT2D eigenvalue weighted by Gasteiger charge is -2.10. The molecule has 0 aliphatic carbocycles. The number of carbonyl (C=O) groups is 2. The smallest absolute Gasteiger partial charge is 0.295 e. The van der Waals surface area contributed by atoms with Crippen LogP contribution in [0, 0.1) is 5.92 Å². The first-order valence-corrected chi connectivity index (χ1v) is 3.12. The Kier molecular flexibility index (Phi) is 1.89. The van der Waals surface area contributed by atoms with E-state index < -0.39 is 6.23 Å². The van der Waals surface area contributed by atoms with Crippen molar-refractivity contribution in [3.8, 4) is 0 Å². The molecule has 0 aromatic heterocycles. The fourth-order valence-electron chi connectivity index (χ4n) is 0.987. The minimum Gasteiger partial charge on any atom is -0.444 e. The van der Waals surface area contributed by atoms with Gasteiger partial charge in [-0.2, -0.15) is 0 Å². The summed E-state index contributed by atoms with van der Waals surface area (Å²) in [6.07, 6.45) is 0.0309. The van der Waals surface area contributed by atoms with Gasteiger partial charge >= 0.3 is 0 Å². The summed E-state index contributed by atoms with van der Waals surface area (Å²) in [7, 11) is 0. The highest BCUT2D eigenvalue weighted by atomic mass is 16.5. The topological polar surface area (TPSA) is 55.4 Å². The van der Waals surface area contributed by atoms with Crippen molar-refractivity contribution in [3.05, 3.63) is 0 Å². The van der Waals surface area contributed by atoms with Crippen LogP contribution in [0.3, 0.4) is 0 Å². The van der Waals surface area contributed by atoms with Crippen LogP contribution in [0.4, 0.5) is 0 Å². The summed E-state index contributed by atoms with van der Waals surface area (Å²) in [5.74, 6) is 0.0389. The first-order valence-electron chi connectivity index (χ1n) is 3.12. The summed E-state index contributed by atoms with van der Waals surface area (Å²) in [5.41, 5.74) is 0. The maximum atomic E-state index is 10.6. The second kappa shape index (κ2) is 2.68. The standard InChI is InChI=1S/C6H9NO3/c1-4-2-5(9)7-6(4)10-3-8/h3-4,6H,2H2,1H3,(H,7,9)/t4-,6+/m0/s1. The van der Waals surface area contributed by atoms with Crippen LogP contribution in [0.25, 0.3) is 0 Å². The maximum Gasteiger partial charge on any atom is 0.295 e. The molecule has 1 amide bonds. The van der Waals surface area contributed by atoms with Crippen molar-refractivity contribution in [2.24, 2.45) is 5.92 Å². The Bertz CT molecular complexity index is 157. The largest absolute Gasteiger partial charge is 0.444 e. The molecular weight excluding hydrogens is 134 g/mol. The second-order valence-corrected chi connectivity index (χ2v) is 2.40. The molecule has 1 rings (SSSR count). The van der Waals surface area contributed by atoms with E-state index in [9.17, 15) is 9.59 Å². The second-order valence-electron chi connectivity index (χ2n) is 2.40. The fourth-order valence-corrected chi connectivity index (χ4v) is 0.987. The third kappa shape index (κ3) is 1.26. The number of ether oxygens (including phenoxy) is 1. The average Bonchev–Trinajstić information content (AvgIpc) is 2.13. The van der Waals surface area contributed by atoms with Crippen LogP contribution in [0.15, 0.2) is 0 Å². The SMILES string of the molecule is C[C@H]1CC(=O)N[C@@H]1OC=O. The van der Waals surface area contributed by atoms with Gasteiger partial charge in [0.05, 0.1) is 0 Å². The molecule has 0 saturated carbocycles. The van der Waals surface area contributed by atoms with Crippen LogP contribution in [0.1, 0.15) is 13.3 Å². The Morgan fingerprint density at radius 2 is 2.50 bits per heavy atom. The summed E-state index contributed by atoms with van der Waals surface area (Å²) in [6.45, 7) is 2.21. The van der Waals surface area contributed by atoms with E-state index in [0.29, 0.717) is 12.9 Å². The summed E-state index contributed by atoms with van der Waals surface area (Å²) < 4.78 is 4.57. The molecule has 1 aliphatic rings. The van der Waals surface area contributed by atoms with Gasteiger partial charge in [0.25, 0.3) is 6.47 Å². The van der Waals surface area contributed by atoms with E-state index in [1.54, 1.807) is 0 Å². The molecule has 0 unspecified atom stereocenters. The van der Waals surface area contributed by atoms with Gasteiger partial charge in [-0.25, -0.2) is 0 Å². The zero-order chi connectivity index (χ0) is 7.56. The van der Waals surface area contributed by atoms with Crippen LogP contribution in [-0.4, -0.2) is 18.6 Å². The predicted octanol–water partition coefficient (Wildman–Crippen LogP) is -0.359. The Morgan fingerprint density at radius 1 is 1.80 bits per heavy atom. The van der Waals surface area contributed by atoms with Gasteiger partial charge in [0.1, 0.15) is 0 Å². The van der Waals surface area contributed by atoms with Crippen molar-refractivity contribution in [1.82, 2.24) is 5.32 Å². The molecule has 1 heterocycles. The molecule has 10 heavy (non-hydrogen) atoms. The highest BCUT2D eigenvalue weighted by molar-refractivity contribution is 5.78. The maximum absolute atomic E-state index is 10.6. The van der Waals surface area contributed by atoms with Crippen molar-refractivity contribution in [2.75, 3.05) is 0 Å². The van der Waals surface area contributed by atoms with Gasteiger partial charge in [0.15, 0.2) is 6.23 Å². The molecule has 2 atom stereocenters. The van der Waals surface area contributed by atoms with Crippen LogP contribution < -0.4 is 5.32 Å². The Morgan fingerprint density at radius 3 is 2.90 bits per heavy atom. The molecular formula is C6H9NO3. The quantitative estimate of drug-likeness (QED) is 0.537. The van der Waals surface area contributed by atoms with Gasteiger partial charge in [-0.3, -0.25) is 9.59 Å². The summed E-state index contributed by atoms with van der Waals surface area (Å²) in [5, 5.41) is 2.51. The normalized spacial score (nSPS) is 31.5. The van der Waals surface area contributed by atoms with Crippen molar-refractivity contribution in [3.63, 3.8) is 0 Å². The summed E-state index contributed by atoms with van der Waals surface area (Å²) in [4.78, 5) is 20.5. The van der Waals surface area contributed by atoms with E-state index >= 15 is 0 Å². The minimum absolute atomic E-state index is 0.0562. The van der Waals surface area contributed by atoms with E-state index in [1.165, 1.54) is 0 Å². The Balaban J connectivity index is 2.45. The van der Waals surface area contributed by atoms with Gasteiger partial charge in [-0.1, -0.05) is 6.92 Å². The van der Waals surface area contributed by atoms with E-state index in [0.717, 1.165) is 0 Å². The number of hydrogen-bond donors (Lipinski definition) is 1. The third-order valence-corrected chi connectivity index (χ3v) is 1.53. The highest BCUT2D eigenvalue weighted by Gasteiger charge is 2.29. The third-order valence-electron chi connectivity index (χ3n) is 1.53. The fraction of sp³-hybridized carbons (Fsp3) is 0.667. The van der Waals surface area contributed by atoms with Crippen LogP contribution in [0.2, 0.25) is 0 Å². The van der Waals surface area contributed by atoms with Crippen molar-refractivity contribution >= 4 is 12.4 Å². The molecule has 56 valence electrons. The molecule has 0 radical (unpaired) electrons. The van der Waals surface area contributed by atoms with Gasteiger partial charge in [-0.15, -0.1) is 0 Å². The lowest BCUT2D eigenvalue weighted by molar-refractivity contribution is -0.136. The number of hydrogen-bond acceptors (Lipinski definition) is 3. The lowest BCUT2D eigenvalue weighted by atomic mass is 10.1. The molecule has 4 nitrogen and oxygen atoms in total. The van der Waals surface area contributed by atoms with Crippen molar-refractivity contribution in [1.29, 1.82) is 0 Å². The molecule has 0 bridgehead atoms. The molecule has 1 fully saturated rings. The molecule has 4 heteroatoms. The number of carbonyl (C=O) groups excluding carboxylic acids is 2. The molecule has 0 aromatic rings. The first kappa shape index (κ1) is 7.05. The average molecular weight is 143 g/mol. The highest BCUT2D eigenvalue weighted by Crippen LogP contribution is 2.15. The zero-order valence-electron chi connectivity index (χ0n) is 5.66. The predicted molar refractivity (Wildman–Crippen MR) is 32.9 cm³/mol.